The third-order valence-corrected chi connectivity index (χ3v) is 17.1. The highest BCUT2D eigenvalue weighted by Crippen LogP contribution is 2.19. The molecule has 6 nitrogen and oxygen atoms in total. The van der Waals surface area contributed by atoms with Crippen LogP contribution in [-0.2, 0) is 28.6 Å². The molecule has 488 valence electrons. The van der Waals surface area contributed by atoms with Crippen molar-refractivity contribution in [1.82, 2.24) is 0 Å². The molecule has 83 heavy (non-hydrogen) atoms. The topological polar surface area (TPSA) is 78.9 Å². The largest absolute Gasteiger partial charge is 0.462 e. The van der Waals surface area contributed by atoms with Crippen LogP contribution in [0, 0.1) is 0 Å². The first-order valence-electron chi connectivity index (χ1n) is 37.5. The zero-order chi connectivity index (χ0) is 59.9. The van der Waals surface area contributed by atoms with Crippen LogP contribution in [0.3, 0.4) is 0 Å². The van der Waals surface area contributed by atoms with Gasteiger partial charge in [-0.2, -0.15) is 0 Å². The standard InChI is InChI=1S/C77H144O6/c1-4-7-10-13-16-19-22-25-27-29-31-33-35-36-37-38-39-40-42-43-45-47-49-52-55-58-61-64-67-70-76(79)82-73-74(72-81-75(78)69-66-63-60-57-54-51-24-21-18-15-12-9-6-3)83-77(80)71-68-65-62-59-56-53-50-48-46-44-41-34-32-30-28-26-23-20-17-14-11-8-5-2/h23,26,29-32,74H,4-22,24-25,27-28,33-73H2,1-3H3/b26-23-,31-29-,32-30-. The molecule has 0 fully saturated rings. The van der Waals surface area contributed by atoms with Gasteiger partial charge in [0, 0.05) is 19.3 Å². The van der Waals surface area contributed by atoms with Gasteiger partial charge in [-0.3, -0.25) is 14.4 Å². The van der Waals surface area contributed by atoms with Crippen LogP contribution in [0.25, 0.3) is 0 Å². The molecule has 1 unspecified atom stereocenters. The molecule has 0 heterocycles. The van der Waals surface area contributed by atoms with Crippen LogP contribution >= 0.6 is 0 Å². The van der Waals surface area contributed by atoms with Gasteiger partial charge in [0.2, 0.25) is 0 Å². The Morgan fingerprint density at radius 1 is 0.241 bits per heavy atom. The lowest BCUT2D eigenvalue weighted by molar-refractivity contribution is -0.167. The summed E-state index contributed by atoms with van der Waals surface area (Å²) < 4.78 is 17.0. The molecule has 0 amide bonds. The van der Waals surface area contributed by atoms with Crippen LogP contribution in [0.5, 0.6) is 0 Å². The maximum absolute atomic E-state index is 13.0. The third kappa shape index (κ3) is 70.3. The van der Waals surface area contributed by atoms with Crippen LogP contribution in [0.15, 0.2) is 36.5 Å². The zero-order valence-electron chi connectivity index (χ0n) is 56.2. The van der Waals surface area contributed by atoms with E-state index < -0.39 is 6.10 Å². The van der Waals surface area contributed by atoms with Gasteiger partial charge >= 0.3 is 17.9 Å². The van der Waals surface area contributed by atoms with Gasteiger partial charge < -0.3 is 14.2 Å². The maximum atomic E-state index is 13.0. The van der Waals surface area contributed by atoms with Gasteiger partial charge in [-0.25, -0.2) is 0 Å². The first kappa shape index (κ1) is 80.6. The van der Waals surface area contributed by atoms with Gasteiger partial charge in [-0.05, 0) is 77.0 Å². The minimum atomic E-state index is -0.771. The Balaban J connectivity index is 4.19. The lowest BCUT2D eigenvalue weighted by Gasteiger charge is -2.18. The molecule has 0 aliphatic carbocycles. The average molecular weight is 1170 g/mol. The Hall–Kier alpha value is -2.37. The molecule has 0 spiro atoms. The summed E-state index contributed by atoms with van der Waals surface area (Å²) in [5.74, 6) is -0.837. The van der Waals surface area contributed by atoms with Crippen molar-refractivity contribution in [2.45, 2.75) is 425 Å². The summed E-state index contributed by atoms with van der Waals surface area (Å²) in [5, 5.41) is 0. The third-order valence-electron chi connectivity index (χ3n) is 17.1. The molecule has 0 aromatic carbocycles. The van der Waals surface area contributed by atoms with Gasteiger partial charge in [0.25, 0.3) is 0 Å². The van der Waals surface area contributed by atoms with Crippen molar-refractivity contribution in [3.8, 4) is 0 Å². The minimum absolute atomic E-state index is 0.0668. The first-order valence-corrected chi connectivity index (χ1v) is 37.5. The predicted molar refractivity (Wildman–Crippen MR) is 362 cm³/mol. The number of allylic oxidation sites excluding steroid dienone is 6. The molecule has 1 atom stereocenters. The fourth-order valence-corrected chi connectivity index (χ4v) is 11.5. The van der Waals surface area contributed by atoms with Gasteiger partial charge in [0.15, 0.2) is 6.10 Å². The molecule has 0 N–H and O–H groups in total. The molecule has 0 aliphatic rings. The monoisotopic (exact) mass is 1170 g/mol. The smallest absolute Gasteiger partial charge is 0.306 e. The SMILES string of the molecule is CCCCCCC/C=C\C/C=C\CCCCCCCCCCCCCC(=O)OC(COC(=O)CCCCCCCCCCCCCCC)COC(=O)CCCCCCCCCCCCCCCCCCC/C=C\CCCCCCCCCC. The van der Waals surface area contributed by atoms with Crippen molar-refractivity contribution >= 4 is 17.9 Å². The van der Waals surface area contributed by atoms with Crippen LogP contribution < -0.4 is 0 Å². The lowest BCUT2D eigenvalue weighted by Crippen LogP contribution is -2.30. The highest BCUT2D eigenvalue weighted by Gasteiger charge is 2.20. The lowest BCUT2D eigenvalue weighted by atomic mass is 10.0. The molecule has 0 rings (SSSR count). The van der Waals surface area contributed by atoms with Crippen LogP contribution in [0.2, 0.25) is 0 Å². The normalized spacial score (nSPS) is 12.2. The van der Waals surface area contributed by atoms with Crippen molar-refractivity contribution in [3.05, 3.63) is 36.5 Å². The number of hydrogen-bond donors (Lipinski definition) is 0. The molecule has 0 aliphatic heterocycles. The van der Waals surface area contributed by atoms with E-state index in [0.29, 0.717) is 19.3 Å². The molecular formula is C77H144O6. The number of ether oxygens (including phenoxy) is 3. The second-order valence-electron chi connectivity index (χ2n) is 25.6. The van der Waals surface area contributed by atoms with E-state index >= 15 is 0 Å². The first-order chi connectivity index (χ1) is 41.0. The predicted octanol–water partition coefficient (Wildman–Crippen LogP) is 25.9. The van der Waals surface area contributed by atoms with Gasteiger partial charge in [-0.15, -0.1) is 0 Å². The second kappa shape index (κ2) is 72.1. The molecule has 0 radical (unpaired) electrons. The molecular weight excluding hydrogens is 1020 g/mol. The maximum Gasteiger partial charge on any atom is 0.306 e. The summed E-state index contributed by atoms with van der Waals surface area (Å²) in [4.78, 5) is 38.5. The van der Waals surface area contributed by atoms with Crippen LogP contribution in [0.1, 0.15) is 419 Å². The number of carbonyl (C=O) groups excluding carboxylic acids is 3. The minimum Gasteiger partial charge on any atom is -0.462 e. The number of hydrogen-bond acceptors (Lipinski definition) is 6. The Labute approximate surface area is 518 Å². The fourth-order valence-electron chi connectivity index (χ4n) is 11.5. The van der Waals surface area contributed by atoms with E-state index in [2.05, 4.69) is 57.2 Å². The van der Waals surface area contributed by atoms with E-state index in [9.17, 15) is 14.4 Å². The van der Waals surface area contributed by atoms with Crippen molar-refractivity contribution in [2.75, 3.05) is 13.2 Å². The van der Waals surface area contributed by atoms with Crippen molar-refractivity contribution in [1.29, 1.82) is 0 Å². The Morgan fingerprint density at radius 2 is 0.434 bits per heavy atom. The summed E-state index contributed by atoms with van der Waals surface area (Å²) >= 11 is 0. The van der Waals surface area contributed by atoms with Gasteiger partial charge in [0.05, 0.1) is 0 Å². The average Bonchev–Trinajstić information content (AvgIpc) is 3.49. The van der Waals surface area contributed by atoms with Gasteiger partial charge in [0.1, 0.15) is 13.2 Å². The van der Waals surface area contributed by atoms with Crippen molar-refractivity contribution < 1.29 is 28.6 Å². The van der Waals surface area contributed by atoms with Gasteiger partial charge in [-0.1, -0.05) is 359 Å². The van der Waals surface area contributed by atoms with E-state index in [1.807, 2.05) is 0 Å². The summed E-state index contributed by atoms with van der Waals surface area (Å²) in [6, 6.07) is 0. The van der Waals surface area contributed by atoms with E-state index in [-0.39, 0.29) is 31.1 Å². The Kier molecular flexibility index (Phi) is 70.0. The number of rotatable bonds is 70. The Morgan fingerprint density at radius 3 is 0.675 bits per heavy atom. The van der Waals surface area contributed by atoms with Crippen LogP contribution in [-0.4, -0.2) is 37.2 Å². The number of carbonyl (C=O) groups is 3. The summed E-state index contributed by atoms with van der Waals surface area (Å²) in [6.07, 6.45) is 90.5. The zero-order valence-corrected chi connectivity index (χ0v) is 56.2. The molecule has 0 aromatic rings. The quantitative estimate of drug-likeness (QED) is 0.0261. The summed E-state index contributed by atoms with van der Waals surface area (Å²) in [5.41, 5.74) is 0. The Bertz CT molecular complexity index is 1380. The van der Waals surface area contributed by atoms with E-state index in [4.69, 9.17) is 14.2 Å². The van der Waals surface area contributed by atoms with E-state index in [1.54, 1.807) is 0 Å². The molecule has 0 aromatic heterocycles. The van der Waals surface area contributed by atoms with E-state index in [1.165, 1.54) is 315 Å². The summed E-state index contributed by atoms with van der Waals surface area (Å²) in [7, 11) is 0. The van der Waals surface area contributed by atoms with Crippen LogP contribution in [0.4, 0.5) is 0 Å². The fraction of sp³-hybridized carbons (Fsp3) is 0.883. The number of esters is 3. The van der Waals surface area contributed by atoms with E-state index in [0.717, 1.165) is 64.2 Å². The highest BCUT2D eigenvalue weighted by atomic mass is 16.6. The molecule has 0 saturated carbocycles. The number of unbranched alkanes of at least 4 members (excludes halogenated alkanes) is 53. The molecule has 0 bridgehead atoms. The second-order valence-corrected chi connectivity index (χ2v) is 25.6. The summed E-state index contributed by atoms with van der Waals surface area (Å²) in [6.45, 7) is 6.71. The highest BCUT2D eigenvalue weighted by molar-refractivity contribution is 5.71. The van der Waals surface area contributed by atoms with Crippen molar-refractivity contribution in [3.63, 3.8) is 0 Å². The molecule has 0 saturated heterocycles. The van der Waals surface area contributed by atoms with Crippen molar-refractivity contribution in [2.24, 2.45) is 0 Å². The molecule has 6 heteroatoms.